The van der Waals surface area contributed by atoms with Gasteiger partial charge in [0.05, 0.1) is 12.3 Å². The number of hydrogen-bond donors (Lipinski definition) is 1. The quantitative estimate of drug-likeness (QED) is 0.920. The minimum absolute atomic E-state index is 0.0615. The van der Waals surface area contributed by atoms with Gasteiger partial charge in [-0.2, -0.15) is 5.10 Å². The fourth-order valence-electron chi connectivity index (χ4n) is 3.88. The summed E-state index contributed by atoms with van der Waals surface area (Å²) >= 11 is 0. The molecule has 23 heavy (non-hydrogen) atoms. The number of fused-ring (bicyclic) bond motifs is 1. The minimum Gasteiger partial charge on any atom is -0.381 e. The van der Waals surface area contributed by atoms with Crippen LogP contribution >= 0.6 is 0 Å². The van der Waals surface area contributed by atoms with Crippen molar-refractivity contribution in [1.29, 1.82) is 0 Å². The van der Waals surface area contributed by atoms with E-state index in [0.29, 0.717) is 5.92 Å². The molecule has 2 aliphatic rings. The molecule has 6 heteroatoms. The molecule has 0 amide bonds. The van der Waals surface area contributed by atoms with Gasteiger partial charge in [0.2, 0.25) is 0 Å². The normalized spacial score (nSPS) is 28.0. The Bertz CT molecular complexity index is 686. The zero-order valence-electron chi connectivity index (χ0n) is 13.5. The van der Waals surface area contributed by atoms with Gasteiger partial charge in [-0.05, 0) is 30.5 Å². The van der Waals surface area contributed by atoms with Crippen molar-refractivity contribution in [1.82, 2.24) is 19.7 Å². The molecule has 2 aliphatic heterocycles. The second-order valence-corrected chi connectivity index (χ2v) is 6.89. The molecule has 2 saturated heterocycles. The van der Waals surface area contributed by atoms with Crippen LogP contribution in [0.3, 0.4) is 0 Å². The van der Waals surface area contributed by atoms with Gasteiger partial charge in [0.1, 0.15) is 12.7 Å². The molecule has 0 aliphatic carbocycles. The van der Waals surface area contributed by atoms with Gasteiger partial charge in [0.15, 0.2) is 0 Å². The highest BCUT2D eigenvalue weighted by molar-refractivity contribution is 5.41. The summed E-state index contributed by atoms with van der Waals surface area (Å²) in [6.45, 7) is 6.64. The Labute approximate surface area is 136 Å². The van der Waals surface area contributed by atoms with E-state index >= 15 is 0 Å². The number of aryl methyl sites for hydroxylation is 1. The van der Waals surface area contributed by atoms with Crippen LogP contribution in [0.1, 0.15) is 17.5 Å². The molecule has 2 atom stereocenters. The maximum absolute atomic E-state index is 6.59. The van der Waals surface area contributed by atoms with Crippen molar-refractivity contribution in [2.75, 3.05) is 26.3 Å². The van der Waals surface area contributed by atoms with E-state index in [4.69, 9.17) is 10.5 Å². The molecule has 2 fully saturated rings. The Morgan fingerprint density at radius 2 is 2.35 bits per heavy atom. The average Bonchev–Trinajstić information content (AvgIpc) is 3.14. The molecule has 122 valence electrons. The predicted octanol–water partition coefficient (Wildman–Crippen LogP) is 1.13. The molecule has 1 aromatic carbocycles. The average molecular weight is 313 g/mol. The Morgan fingerprint density at radius 1 is 1.43 bits per heavy atom. The number of ether oxygens (including phenoxy) is 1. The zero-order valence-corrected chi connectivity index (χ0v) is 13.5. The van der Waals surface area contributed by atoms with Crippen LogP contribution in [0.2, 0.25) is 0 Å². The fraction of sp³-hybridized carbons (Fsp3) is 0.529. The second-order valence-electron chi connectivity index (χ2n) is 6.89. The van der Waals surface area contributed by atoms with Gasteiger partial charge >= 0.3 is 0 Å². The van der Waals surface area contributed by atoms with Crippen molar-refractivity contribution in [3.63, 3.8) is 0 Å². The van der Waals surface area contributed by atoms with E-state index in [9.17, 15) is 0 Å². The lowest BCUT2D eigenvalue weighted by molar-refractivity contribution is 0.0241. The van der Waals surface area contributed by atoms with Crippen LogP contribution in [-0.4, -0.2) is 51.5 Å². The van der Waals surface area contributed by atoms with Crippen molar-refractivity contribution in [2.24, 2.45) is 11.7 Å². The summed E-state index contributed by atoms with van der Waals surface area (Å²) in [5, 5.41) is 4.20. The van der Waals surface area contributed by atoms with Crippen LogP contribution in [0.25, 0.3) is 5.69 Å². The van der Waals surface area contributed by atoms with Crippen LogP contribution in [0.4, 0.5) is 0 Å². The topological polar surface area (TPSA) is 69.2 Å². The first-order valence-electron chi connectivity index (χ1n) is 8.17. The molecule has 4 rings (SSSR count). The summed E-state index contributed by atoms with van der Waals surface area (Å²) in [7, 11) is 0. The number of rotatable bonds is 3. The summed E-state index contributed by atoms with van der Waals surface area (Å²) in [6, 6.07) is 6.52. The lowest BCUT2D eigenvalue weighted by Crippen LogP contribution is -2.52. The van der Waals surface area contributed by atoms with Crippen molar-refractivity contribution in [2.45, 2.75) is 25.4 Å². The van der Waals surface area contributed by atoms with Crippen molar-refractivity contribution in [3.8, 4) is 5.69 Å². The Hall–Kier alpha value is -1.76. The van der Waals surface area contributed by atoms with Crippen LogP contribution in [-0.2, 0) is 11.3 Å². The lowest BCUT2D eigenvalue weighted by Gasteiger charge is -2.34. The maximum atomic E-state index is 6.59. The number of likely N-dealkylation sites (tertiary alicyclic amines) is 1. The number of aromatic nitrogens is 3. The Balaban J connectivity index is 1.49. The molecule has 0 unspecified atom stereocenters. The predicted molar refractivity (Wildman–Crippen MR) is 87.2 cm³/mol. The van der Waals surface area contributed by atoms with Gasteiger partial charge in [-0.25, -0.2) is 9.67 Å². The minimum atomic E-state index is -0.0615. The molecule has 2 N–H and O–H groups in total. The molecule has 0 saturated carbocycles. The smallest absolute Gasteiger partial charge is 0.138 e. The molecule has 0 bridgehead atoms. The summed E-state index contributed by atoms with van der Waals surface area (Å²) in [4.78, 5) is 6.47. The first-order valence-corrected chi connectivity index (χ1v) is 8.17. The van der Waals surface area contributed by atoms with Crippen LogP contribution < -0.4 is 5.73 Å². The highest BCUT2D eigenvalue weighted by Crippen LogP contribution is 2.33. The van der Waals surface area contributed by atoms with Gasteiger partial charge in [-0.15, -0.1) is 0 Å². The summed E-state index contributed by atoms with van der Waals surface area (Å²) < 4.78 is 7.40. The maximum Gasteiger partial charge on any atom is 0.138 e. The fourth-order valence-corrected chi connectivity index (χ4v) is 3.88. The van der Waals surface area contributed by atoms with E-state index in [1.165, 1.54) is 11.1 Å². The van der Waals surface area contributed by atoms with E-state index in [0.717, 1.165) is 45.0 Å². The highest BCUT2D eigenvalue weighted by Gasteiger charge is 2.45. The standard InChI is InChI=1S/C17H23N5O/c1-13-6-14(2-3-16(13)22-12-19-11-20-22)7-21-8-15-9-23-5-4-17(15,18)10-21/h2-3,6,11-12,15H,4-5,7-10,18H2,1H3/t15-,17+/m1/s1. The summed E-state index contributed by atoms with van der Waals surface area (Å²) in [5.74, 6) is 0.465. The monoisotopic (exact) mass is 313 g/mol. The van der Waals surface area contributed by atoms with Gasteiger partial charge in [-0.3, -0.25) is 4.90 Å². The molecule has 2 aromatic rings. The number of nitrogens with zero attached hydrogens (tertiary/aromatic N) is 4. The molecular weight excluding hydrogens is 290 g/mol. The third-order valence-corrected chi connectivity index (χ3v) is 5.17. The SMILES string of the molecule is Cc1cc(CN2C[C@@H]3COCC[C@]3(N)C2)ccc1-n1cncn1. The van der Waals surface area contributed by atoms with Gasteiger partial charge < -0.3 is 10.5 Å². The van der Waals surface area contributed by atoms with Crippen molar-refractivity contribution < 1.29 is 4.74 Å². The highest BCUT2D eigenvalue weighted by atomic mass is 16.5. The molecule has 1 aromatic heterocycles. The van der Waals surface area contributed by atoms with Gasteiger partial charge in [-0.1, -0.05) is 12.1 Å². The molecule has 6 nitrogen and oxygen atoms in total. The molecule has 0 radical (unpaired) electrons. The van der Waals surface area contributed by atoms with Gasteiger partial charge in [0.25, 0.3) is 0 Å². The third-order valence-electron chi connectivity index (χ3n) is 5.17. The Kier molecular flexibility index (Phi) is 3.67. The van der Waals surface area contributed by atoms with Crippen molar-refractivity contribution >= 4 is 0 Å². The van der Waals surface area contributed by atoms with E-state index < -0.39 is 0 Å². The number of benzene rings is 1. The third kappa shape index (κ3) is 2.78. The van der Waals surface area contributed by atoms with E-state index in [1.54, 1.807) is 17.3 Å². The largest absolute Gasteiger partial charge is 0.381 e. The molecule has 3 heterocycles. The lowest BCUT2D eigenvalue weighted by atomic mass is 9.84. The Morgan fingerprint density at radius 3 is 3.09 bits per heavy atom. The first kappa shape index (κ1) is 14.8. The first-order chi connectivity index (χ1) is 11.1. The van der Waals surface area contributed by atoms with Crippen LogP contribution in [0.5, 0.6) is 0 Å². The van der Waals surface area contributed by atoms with E-state index in [2.05, 4.69) is 40.1 Å². The number of nitrogens with two attached hydrogens (primary N) is 1. The molecular formula is C17H23N5O. The van der Waals surface area contributed by atoms with E-state index in [1.807, 2.05) is 0 Å². The van der Waals surface area contributed by atoms with Gasteiger partial charge in [0, 0.05) is 37.7 Å². The summed E-state index contributed by atoms with van der Waals surface area (Å²) in [6.07, 6.45) is 4.26. The van der Waals surface area contributed by atoms with Crippen LogP contribution in [0.15, 0.2) is 30.9 Å². The summed E-state index contributed by atoms with van der Waals surface area (Å²) in [5.41, 5.74) is 10.1. The molecule has 0 spiro atoms. The van der Waals surface area contributed by atoms with Crippen LogP contribution in [0, 0.1) is 12.8 Å². The van der Waals surface area contributed by atoms with E-state index in [-0.39, 0.29) is 5.54 Å². The van der Waals surface area contributed by atoms with Crippen molar-refractivity contribution in [3.05, 3.63) is 42.0 Å². The zero-order chi connectivity index (χ0) is 15.9. The second kappa shape index (κ2) is 5.70. The number of hydrogen-bond acceptors (Lipinski definition) is 5.